The van der Waals surface area contributed by atoms with Gasteiger partial charge in [-0.15, -0.1) is 0 Å². The largest absolute Gasteiger partial charge is 0.481 e. The van der Waals surface area contributed by atoms with Gasteiger partial charge in [0.1, 0.15) is 5.82 Å². The Morgan fingerprint density at radius 1 is 1.43 bits per heavy atom. The predicted molar refractivity (Wildman–Crippen MR) is 79.7 cm³/mol. The Morgan fingerprint density at radius 2 is 2.09 bits per heavy atom. The Labute approximate surface area is 132 Å². The van der Waals surface area contributed by atoms with Crippen LogP contribution < -0.4 is 4.72 Å². The fraction of sp³-hybridized carbons (Fsp3) is 0.286. The fourth-order valence-corrected chi connectivity index (χ4v) is 3.88. The Balaban J connectivity index is 2.42. The number of aryl methyl sites for hydroxylation is 2. The van der Waals surface area contributed by atoms with Crippen LogP contribution in [0.1, 0.15) is 23.6 Å². The van der Waals surface area contributed by atoms with Crippen molar-refractivity contribution in [3.63, 3.8) is 0 Å². The number of sulfonamides is 1. The molecule has 23 heavy (non-hydrogen) atoms. The molecule has 1 atom stereocenters. The van der Waals surface area contributed by atoms with E-state index < -0.39 is 34.3 Å². The molecule has 0 saturated carbocycles. The minimum absolute atomic E-state index is 0.0294. The van der Waals surface area contributed by atoms with E-state index in [2.05, 4.69) is 9.82 Å². The first kappa shape index (κ1) is 17.1. The maximum atomic E-state index is 13.9. The number of aromatic nitrogens is 2. The Morgan fingerprint density at radius 3 is 2.61 bits per heavy atom. The third kappa shape index (κ3) is 3.74. The Hall–Kier alpha value is -2.26. The highest BCUT2D eigenvalue weighted by atomic mass is 32.2. The molecule has 7 nitrogen and oxygen atoms in total. The average molecular weight is 341 g/mol. The molecule has 0 bridgehead atoms. The summed E-state index contributed by atoms with van der Waals surface area (Å²) in [5.74, 6) is -1.93. The summed E-state index contributed by atoms with van der Waals surface area (Å²) in [5.41, 5.74) is 0.376. The number of hydrogen-bond donors (Lipinski definition) is 2. The average Bonchev–Trinajstić information content (AvgIpc) is 2.77. The van der Waals surface area contributed by atoms with Gasteiger partial charge in [0.25, 0.3) is 10.0 Å². The number of carboxylic acid groups (broad SMARTS) is 1. The summed E-state index contributed by atoms with van der Waals surface area (Å²) in [5, 5.41) is 12.8. The van der Waals surface area contributed by atoms with Crippen LogP contribution in [0.3, 0.4) is 0 Å². The zero-order valence-electron chi connectivity index (χ0n) is 12.5. The number of carbonyl (C=O) groups is 1. The molecule has 1 unspecified atom stereocenters. The van der Waals surface area contributed by atoms with Crippen LogP contribution in [-0.4, -0.2) is 29.3 Å². The van der Waals surface area contributed by atoms with Gasteiger partial charge in [-0.25, -0.2) is 17.5 Å². The summed E-state index contributed by atoms with van der Waals surface area (Å²) in [6, 6.07) is 4.22. The molecule has 0 aliphatic heterocycles. The number of carboxylic acids is 1. The topological polar surface area (TPSA) is 101 Å². The summed E-state index contributed by atoms with van der Waals surface area (Å²) in [7, 11) is -2.61. The SMILES string of the molecule is Cc1cnn(C)c1S(=O)(=O)NC(CC(=O)O)c1ccccc1F. The monoisotopic (exact) mass is 341 g/mol. The number of nitrogens with zero attached hydrogens (tertiary/aromatic N) is 2. The van der Waals surface area contributed by atoms with Crippen molar-refractivity contribution in [3.8, 4) is 0 Å². The van der Waals surface area contributed by atoms with Crippen LogP contribution in [-0.2, 0) is 21.9 Å². The molecule has 0 aliphatic carbocycles. The third-order valence-electron chi connectivity index (χ3n) is 3.27. The van der Waals surface area contributed by atoms with Crippen molar-refractivity contribution < 1.29 is 22.7 Å². The van der Waals surface area contributed by atoms with Crippen LogP contribution in [0.25, 0.3) is 0 Å². The van der Waals surface area contributed by atoms with Crippen LogP contribution >= 0.6 is 0 Å². The lowest BCUT2D eigenvalue weighted by Crippen LogP contribution is -2.32. The number of nitrogens with one attached hydrogen (secondary N) is 1. The van der Waals surface area contributed by atoms with Gasteiger partial charge in [-0.05, 0) is 13.0 Å². The highest BCUT2D eigenvalue weighted by Crippen LogP contribution is 2.23. The highest BCUT2D eigenvalue weighted by Gasteiger charge is 2.28. The van der Waals surface area contributed by atoms with Gasteiger partial charge in [-0.1, -0.05) is 18.2 Å². The lowest BCUT2D eigenvalue weighted by Gasteiger charge is -2.18. The molecule has 2 rings (SSSR count). The summed E-state index contributed by atoms with van der Waals surface area (Å²) >= 11 is 0. The molecule has 0 fully saturated rings. The molecule has 2 N–H and O–H groups in total. The second-order valence-electron chi connectivity index (χ2n) is 5.05. The van der Waals surface area contributed by atoms with Gasteiger partial charge in [0.2, 0.25) is 0 Å². The summed E-state index contributed by atoms with van der Waals surface area (Å²) < 4.78 is 42.4. The molecule has 0 radical (unpaired) electrons. The van der Waals surface area contributed by atoms with E-state index in [1.54, 1.807) is 6.92 Å². The standard InChI is InChI=1S/C14H16FN3O4S/c1-9-8-16-18(2)14(9)23(21,22)17-12(7-13(19)20)10-5-3-4-6-11(10)15/h3-6,8,12,17H,7H2,1-2H3,(H,19,20). The molecule has 1 heterocycles. The van der Waals surface area contributed by atoms with Gasteiger partial charge in [-0.3, -0.25) is 9.48 Å². The van der Waals surface area contributed by atoms with Gasteiger partial charge < -0.3 is 5.11 Å². The molecule has 1 aromatic carbocycles. The zero-order chi connectivity index (χ0) is 17.2. The maximum Gasteiger partial charge on any atom is 0.305 e. The molecular formula is C14H16FN3O4S. The lowest BCUT2D eigenvalue weighted by atomic mass is 10.0. The molecule has 0 saturated heterocycles. The molecule has 0 aliphatic rings. The smallest absolute Gasteiger partial charge is 0.305 e. The number of hydrogen-bond acceptors (Lipinski definition) is 4. The van der Waals surface area contributed by atoms with E-state index in [0.29, 0.717) is 5.56 Å². The van der Waals surface area contributed by atoms with E-state index in [1.165, 1.54) is 31.4 Å². The molecule has 2 aromatic rings. The van der Waals surface area contributed by atoms with Crippen LogP contribution in [0.2, 0.25) is 0 Å². The molecule has 1 aromatic heterocycles. The molecule has 0 spiro atoms. The van der Waals surface area contributed by atoms with Crippen molar-refractivity contribution >= 4 is 16.0 Å². The Kier molecular flexibility index (Phi) is 4.81. The third-order valence-corrected chi connectivity index (χ3v) is 4.96. The number of benzene rings is 1. The van der Waals surface area contributed by atoms with Crippen molar-refractivity contribution in [1.82, 2.24) is 14.5 Å². The summed E-state index contributed by atoms with van der Waals surface area (Å²) in [4.78, 5) is 11.0. The first-order chi connectivity index (χ1) is 10.7. The van der Waals surface area contributed by atoms with Crippen molar-refractivity contribution in [2.24, 2.45) is 7.05 Å². The van der Waals surface area contributed by atoms with E-state index in [0.717, 1.165) is 10.7 Å². The van der Waals surface area contributed by atoms with Crippen molar-refractivity contribution in [2.45, 2.75) is 24.4 Å². The molecule has 124 valence electrons. The summed E-state index contributed by atoms with van der Waals surface area (Å²) in [6.07, 6.45) is 0.793. The first-order valence-corrected chi connectivity index (χ1v) is 8.18. The number of rotatable bonds is 6. The van der Waals surface area contributed by atoms with Gasteiger partial charge in [-0.2, -0.15) is 5.10 Å². The molecular weight excluding hydrogens is 325 g/mol. The van der Waals surface area contributed by atoms with Crippen LogP contribution in [0.4, 0.5) is 4.39 Å². The van der Waals surface area contributed by atoms with Gasteiger partial charge >= 0.3 is 5.97 Å². The van der Waals surface area contributed by atoms with Crippen LogP contribution in [0.15, 0.2) is 35.5 Å². The minimum atomic E-state index is -4.07. The maximum absolute atomic E-state index is 13.9. The predicted octanol–water partition coefficient (Wildman–Crippen LogP) is 1.36. The minimum Gasteiger partial charge on any atom is -0.481 e. The van der Waals surface area contributed by atoms with E-state index in [1.807, 2.05) is 0 Å². The number of halogens is 1. The highest BCUT2D eigenvalue weighted by molar-refractivity contribution is 7.89. The van der Waals surface area contributed by atoms with E-state index >= 15 is 0 Å². The fourth-order valence-electron chi connectivity index (χ4n) is 2.31. The van der Waals surface area contributed by atoms with E-state index in [-0.39, 0.29) is 10.6 Å². The van der Waals surface area contributed by atoms with Crippen LogP contribution in [0.5, 0.6) is 0 Å². The van der Waals surface area contributed by atoms with Crippen molar-refractivity contribution in [2.75, 3.05) is 0 Å². The van der Waals surface area contributed by atoms with Crippen molar-refractivity contribution in [1.29, 1.82) is 0 Å². The molecule has 0 amide bonds. The van der Waals surface area contributed by atoms with E-state index in [4.69, 9.17) is 5.11 Å². The quantitative estimate of drug-likeness (QED) is 0.826. The van der Waals surface area contributed by atoms with Gasteiger partial charge in [0, 0.05) is 18.2 Å². The van der Waals surface area contributed by atoms with Crippen LogP contribution in [0, 0.1) is 12.7 Å². The Bertz CT molecular complexity index is 813. The first-order valence-electron chi connectivity index (χ1n) is 6.69. The second kappa shape index (κ2) is 6.47. The number of aliphatic carboxylic acids is 1. The van der Waals surface area contributed by atoms with Gasteiger partial charge in [0.15, 0.2) is 5.03 Å². The van der Waals surface area contributed by atoms with Gasteiger partial charge in [0.05, 0.1) is 18.7 Å². The second-order valence-corrected chi connectivity index (χ2v) is 6.68. The zero-order valence-corrected chi connectivity index (χ0v) is 13.3. The summed E-state index contributed by atoms with van der Waals surface area (Å²) in [6.45, 7) is 1.57. The molecule has 9 heteroatoms. The van der Waals surface area contributed by atoms with E-state index in [9.17, 15) is 17.6 Å². The lowest BCUT2D eigenvalue weighted by molar-refractivity contribution is -0.137. The van der Waals surface area contributed by atoms with Crippen molar-refractivity contribution in [3.05, 3.63) is 47.4 Å². The normalized spacial score (nSPS) is 13.0.